The van der Waals surface area contributed by atoms with Crippen molar-refractivity contribution in [2.45, 2.75) is 208 Å². The molecule has 9 atom stereocenters. The van der Waals surface area contributed by atoms with E-state index in [2.05, 4.69) is 31.9 Å². The minimum atomic E-state index is -8.91. The number of alkyl halides is 17. The zero-order chi connectivity index (χ0) is 69.4. The number of aliphatic hydroxyl groups is 3. The predicted octanol–water partition coefficient (Wildman–Crippen LogP) is 3.79. The Morgan fingerprint density at radius 3 is 1.53 bits per heavy atom. The molecule has 1 fully saturated rings. The van der Waals surface area contributed by atoms with Crippen LogP contribution in [-0.4, -0.2) is 225 Å². The summed E-state index contributed by atoms with van der Waals surface area (Å²) in [4.78, 5) is 88.4. The quantitative estimate of drug-likeness (QED) is 0.0307. The minimum Gasteiger partial charge on any atom is -0.394 e. The second-order valence-corrected chi connectivity index (χ2v) is 21.0. The maximum absolute atomic E-state index is 14.8. The Balaban J connectivity index is 2.82. The van der Waals surface area contributed by atoms with E-state index in [-0.39, 0.29) is 78.5 Å². The third-order valence-electron chi connectivity index (χ3n) is 13.4. The van der Waals surface area contributed by atoms with Gasteiger partial charge in [-0.05, 0) is 38.5 Å². The molecule has 39 heteroatoms. The Bertz CT molecular complexity index is 2280. The highest BCUT2D eigenvalue weighted by atomic mass is 19.4. The van der Waals surface area contributed by atoms with Crippen LogP contribution in [0.15, 0.2) is 0 Å². The molecule has 0 aromatic carbocycles. The van der Waals surface area contributed by atoms with Gasteiger partial charge in [-0.3, -0.25) is 33.6 Å². The molecule has 22 nitrogen and oxygen atoms in total. The molecule has 1 rings (SSSR count). The van der Waals surface area contributed by atoms with Gasteiger partial charge in [0.15, 0.2) is 6.29 Å². The van der Waals surface area contributed by atoms with Gasteiger partial charge in [-0.15, -0.1) is 0 Å². The highest BCUT2D eigenvalue weighted by Crippen LogP contribution is 2.64. The largest absolute Gasteiger partial charge is 0.460 e. The molecular formula is C51H78F17N7O15. The van der Waals surface area contributed by atoms with Gasteiger partial charge in [-0.25, -0.2) is 0 Å². The van der Waals surface area contributed by atoms with Gasteiger partial charge in [0.25, 0.3) is 5.91 Å². The highest BCUT2D eigenvalue weighted by molar-refractivity contribution is 5.92. The monoisotopic (exact) mass is 1350 g/mol. The number of carbonyl (C=O) groups is 7. The molecule has 0 aromatic rings. The Labute approximate surface area is 505 Å². The number of hydrogen-bond donors (Lipinski definition) is 10. The third-order valence-corrected chi connectivity index (χ3v) is 13.4. The van der Waals surface area contributed by atoms with Gasteiger partial charge in [-0.1, -0.05) is 52.9 Å². The van der Waals surface area contributed by atoms with Crippen molar-refractivity contribution in [2.75, 3.05) is 65.9 Å². The number of halogens is 17. The maximum atomic E-state index is 14.8. The first-order valence-corrected chi connectivity index (χ1v) is 28.1. The molecule has 0 aliphatic carbocycles. The lowest BCUT2D eigenvalue weighted by Gasteiger charge is -2.43. The number of hydrogen-bond acceptors (Lipinski definition) is 15. The normalized spacial score (nSPS) is 19.5. The molecule has 10 N–H and O–H groups in total. The zero-order valence-electron chi connectivity index (χ0n) is 49.6. The van der Waals surface area contributed by atoms with Crippen LogP contribution in [0, 0.1) is 5.92 Å². The van der Waals surface area contributed by atoms with E-state index < -0.39 is 169 Å². The van der Waals surface area contributed by atoms with Crippen LogP contribution in [0.1, 0.15) is 106 Å². The first-order valence-electron chi connectivity index (χ1n) is 28.1. The summed E-state index contributed by atoms with van der Waals surface area (Å²) in [7, 11) is 0. The fourth-order valence-electron chi connectivity index (χ4n) is 8.19. The molecular weight excluding hydrogens is 1270 g/mol. The van der Waals surface area contributed by atoms with Crippen molar-refractivity contribution in [3.63, 3.8) is 0 Å². The maximum Gasteiger partial charge on any atom is 0.460 e. The summed E-state index contributed by atoms with van der Waals surface area (Å²) < 4.78 is 263. The van der Waals surface area contributed by atoms with Crippen LogP contribution < -0.4 is 37.2 Å². The lowest BCUT2D eigenvalue weighted by molar-refractivity contribution is -0.459. The van der Waals surface area contributed by atoms with E-state index in [4.69, 9.17) is 23.7 Å². The summed E-state index contributed by atoms with van der Waals surface area (Å²) in [6.45, 7) is 6.72. The number of unbranched alkanes of at least 4 members (excludes halogenated alkanes) is 6. The van der Waals surface area contributed by atoms with E-state index in [9.17, 15) is 124 Å². The van der Waals surface area contributed by atoms with Gasteiger partial charge in [0.05, 0.1) is 52.4 Å². The van der Waals surface area contributed by atoms with E-state index in [1.54, 1.807) is 13.8 Å². The predicted molar refractivity (Wildman–Crippen MR) is 276 cm³/mol. The van der Waals surface area contributed by atoms with E-state index in [0.29, 0.717) is 12.8 Å². The topological polar surface area (TPSA) is 311 Å². The average Bonchev–Trinajstić information content (AvgIpc) is 0.697. The summed E-state index contributed by atoms with van der Waals surface area (Å²) in [6.07, 6.45) is -13.9. The van der Waals surface area contributed by atoms with Crippen molar-refractivity contribution in [1.82, 2.24) is 37.2 Å². The van der Waals surface area contributed by atoms with Gasteiger partial charge in [0, 0.05) is 39.9 Å². The second kappa shape index (κ2) is 36.3. The van der Waals surface area contributed by atoms with Gasteiger partial charge >= 0.3 is 47.6 Å². The zero-order valence-corrected chi connectivity index (χ0v) is 49.6. The Morgan fingerprint density at radius 2 is 1.01 bits per heavy atom. The van der Waals surface area contributed by atoms with E-state index in [0.717, 1.165) is 31.5 Å². The van der Waals surface area contributed by atoms with Crippen LogP contribution in [0.2, 0.25) is 0 Å². The summed E-state index contributed by atoms with van der Waals surface area (Å²) in [5.41, 5.74) is 0. The van der Waals surface area contributed by atoms with Crippen molar-refractivity contribution in [1.29, 1.82) is 0 Å². The van der Waals surface area contributed by atoms with E-state index in [1.165, 1.54) is 13.8 Å². The fourth-order valence-corrected chi connectivity index (χ4v) is 8.19. The molecule has 0 saturated carbocycles. The van der Waals surface area contributed by atoms with Crippen LogP contribution >= 0.6 is 0 Å². The van der Waals surface area contributed by atoms with Crippen molar-refractivity contribution >= 4 is 41.4 Å². The molecule has 0 radical (unpaired) electrons. The van der Waals surface area contributed by atoms with Crippen molar-refractivity contribution in [2.24, 2.45) is 5.92 Å². The molecule has 1 unspecified atom stereocenters. The number of ether oxygens (including phenoxy) is 5. The summed E-state index contributed by atoms with van der Waals surface area (Å²) in [6, 6.07) is -6.53. The highest BCUT2D eigenvalue weighted by Gasteiger charge is 2.95. The molecule has 0 spiro atoms. The average molecular weight is 1350 g/mol. The van der Waals surface area contributed by atoms with Crippen molar-refractivity contribution in [3.05, 3.63) is 0 Å². The molecule has 1 heterocycles. The van der Waals surface area contributed by atoms with Gasteiger partial charge in [0.2, 0.25) is 35.4 Å². The summed E-state index contributed by atoms with van der Waals surface area (Å²) >= 11 is 0. The summed E-state index contributed by atoms with van der Waals surface area (Å²) in [5.74, 6) is -68.7. The van der Waals surface area contributed by atoms with Crippen molar-refractivity contribution < 1.29 is 147 Å². The van der Waals surface area contributed by atoms with Crippen LogP contribution in [0.3, 0.4) is 0 Å². The van der Waals surface area contributed by atoms with Crippen LogP contribution in [0.5, 0.6) is 0 Å². The van der Waals surface area contributed by atoms with Gasteiger partial charge in [0.1, 0.15) is 42.5 Å². The minimum absolute atomic E-state index is 0.0175. The SMILES string of the molecule is CCCCCCCCNC(=O)C(CCCCNC(=O)CCOCCOCCOCCNC(=O)[C@@H](NC(=O)[C@@H](NC(C)=O)C(C)C)[C@@H](C)O[C@H]1O[C@H](CO)[C@H](O)[C@H](O)[C@H]1NC(C)=O)NC(=O)C(F)(F)C(F)(F)C(F)(F)C(F)(F)C(F)(F)C(F)(F)C(F)(F)C(F)(F)F. The lowest BCUT2D eigenvalue weighted by atomic mass is 9.88. The first kappa shape index (κ1) is 82.8. The smallest absolute Gasteiger partial charge is 0.394 e. The van der Waals surface area contributed by atoms with E-state index >= 15 is 0 Å². The van der Waals surface area contributed by atoms with Gasteiger partial charge in [-0.2, -0.15) is 74.6 Å². The molecule has 526 valence electrons. The number of nitrogens with one attached hydrogen (secondary N) is 7. The van der Waals surface area contributed by atoms with Crippen LogP contribution in [0.4, 0.5) is 74.6 Å². The number of carbonyl (C=O) groups excluding carboxylic acids is 7. The molecule has 1 saturated heterocycles. The van der Waals surface area contributed by atoms with Crippen LogP contribution in [0.25, 0.3) is 0 Å². The molecule has 90 heavy (non-hydrogen) atoms. The third kappa shape index (κ3) is 22.2. The van der Waals surface area contributed by atoms with Crippen molar-refractivity contribution in [3.8, 4) is 0 Å². The molecule has 1 aliphatic heterocycles. The second-order valence-electron chi connectivity index (χ2n) is 21.0. The molecule has 0 bridgehead atoms. The Kier molecular flexibility index (Phi) is 33.4. The lowest BCUT2D eigenvalue weighted by Crippen LogP contribution is -2.75. The molecule has 0 aromatic heterocycles. The molecule has 1 aliphatic rings. The van der Waals surface area contributed by atoms with Crippen LogP contribution in [-0.2, 0) is 57.2 Å². The first-order chi connectivity index (χ1) is 41.4. The Morgan fingerprint density at radius 1 is 0.522 bits per heavy atom. The van der Waals surface area contributed by atoms with Gasteiger partial charge < -0.3 is 76.2 Å². The molecule has 7 amide bonds. The summed E-state index contributed by atoms with van der Waals surface area (Å²) in [5, 5.41) is 46.0. The fraction of sp³-hybridized carbons (Fsp3) is 0.863. The number of amides is 7. The standard InChI is InChI=1S/C51H78F17N7O15/c1-7-8-9-10-11-13-18-70-39(82)31(74-43(85)44(52,53)45(54,55)46(56,57)47(58,59)48(60,61)49(62,63)50(64,65)51(66,67)68)15-12-14-17-69-33(79)16-20-86-22-24-88-25-23-87-21-19-71-40(83)35(75-41(84)34(27(2)3)72-29(5)77)28(4)89-42-36(73-30(6)78)38(81)37(80)32(26-76)90-42/h27-28,31-32,34-38,42,76,80-81H,7-26H2,1-6H3,(H,69,79)(H,70,82)(H,71,83)(H,72,77)(H,73,78)(H,74,85)(H,75,84)/t28-,31?,32-,34+,35+,36-,37+,38-,42+/m1/s1. The Hall–Kier alpha value is -5.22. The number of rotatable bonds is 43. The number of aliphatic hydroxyl groups excluding tert-OH is 3. The van der Waals surface area contributed by atoms with E-state index in [1.807, 2.05) is 6.92 Å².